The molecule has 4 nitrogen and oxygen atoms in total. The van der Waals surface area contributed by atoms with Crippen LogP contribution in [-0.2, 0) is 6.61 Å². The molecule has 2 amide bonds. The molecule has 27 heavy (non-hydrogen) atoms. The monoisotopic (exact) mass is 357 g/mol. The van der Waals surface area contributed by atoms with E-state index in [1.165, 1.54) is 4.90 Å². The van der Waals surface area contributed by atoms with Crippen LogP contribution in [0.3, 0.4) is 0 Å². The molecule has 0 unspecified atom stereocenters. The van der Waals surface area contributed by atoms with Gasteiger partial charge in [0.1, 0.15) is 12.4 Å². The van der Waals surface area contributed by atoms with Gasteiger partial charge in [0.15, 0.2) is 0 Å². The summed E-state index contributed by atoms with van der Waals surface area (Å²) in [7, 11) is 0. The number of carbonyl (C=O) groups is 2. The minimum absolute atomic E-state index is 0.243. The third kappa shape index (κ3) is 3.22. The summed E-state index contributed by atoms with van der Waals surface area (Å²) < 4.78 is 5.80. The van der Waals surface area contributed by atoms with Gasteiger partial charge in [-0.3, -0.25) is 14.5 Å². The molecule has 0 bridgehead atoms. The van der Waals surface area contributed by atoms with Crippen molar-refractivity contribution in [2.75, 3.05) is 0 Å². The zero-order valence-corrected chi connectivity index (χ0v) is 15.0. The van der Waals surface area contributed by atoms with E-state index in [4.69, 9.17) is 4.74 Å². The molecule has 0 saturated carbocycles. The number of ether oxygens (including phenoxy) is 1. The topological polar surface area (TPSA) is 46.6 Å². The molecule has 0 aromatic heterocycles. The van der Waals surface area contributed by atoms with Crippen LogP contribution in [0.25, 0.3) is 0 Å². The molecule has 1 aliphatic heterocycles. The second-order valence-corrected chi connectivity index (χ2v) is 6.55. The predicted octanol–water partition coefficient (Wildman–Crippen LogP) is 4.62. The van der Waals surface area contributed by atoms with Gasteiger partial charge >= 0.3 is 0 Å². The molecule has 1 atom stereocenters. The third-order valence-corrected chi connectivity index (χ3v) is 4.82. The third-order valence-electron chi connectivity index (χ3n) is 4.82. The highest BCUT2D eigenvalue weighted by Crippen LogP contribution is 2.31. The molecular formula is C23H19NO3. The fourth-order valence-electron chi connectivity index (χ4n) is 3.29. The van der Waals surface area contributed by atoms with Gasteiger partial charge in [0.25, 0.3) is 11.8 Å². The predicted molar refractivity (Wildman–Crippen MR) is 103 cm³/mol. The molecule has 0 saturated heterocycles. The van der Waals surface area contributed by atoms with E-state index in [1.807, 2.05) is 61.5 Å². The van der Waals surface area contributed by atoms with Crippen molar-refractivity contribution < 1.29 is 14.3 Å². The van der Waals surface area contributed by atoms with Crippen LogP contribution in [0, 0.1) is 0 Å². The van der Waals surface area contributed by atoms with Crippen molar-refractivity contribution in [3.8, 4) is 5.75 Å². The van der Waals surface area contributed by atoms with Gasteiger partial charge < -0.3 is 4.74 Å². The average molecular weight is 357 g/mol. The second-order valence-electron chi connectivity index (χ2n) is 6.55. The number of carbonyl (C=O) groups excluding carboxylic acids is 2. The standard InChI is InChI=1S/C23H19NO3/c1-16(24-22(25)20-9-5-6-10-21(20)23(24)26)18-11-13-19(14-12-18)27-15-17-7-3-2-4-8-17/h2-14,16H,15H2,1H3/t16-/m0/s1. The maximum Gasteiger partial charge on any atom is 0.262 e. The van der Waals surface area contributed by atoms with Crippen molar-refractivity contribution in [1.29, 1.82) is 0 Å². The molecule has 1 heterocycles. The van der Waals surface area contributed by atoms with E-state index in [-0.39, 0.29) is 17.9 Å². The Morgan fingerprint density at radius 2 is 1.33 bits per heavy atom. The number of hydrogen-bond donors (Lipinski definition) is 0. The number of imide groups is 1. The Morgan fingerprint density at radius 1 is 0.778 bits per heavy atom. The smallest absolute Gasteiger partial charge is 0.262 e. The first-order valence-electron chi connectivity index (χ1n) is 8.89. The first-order chi connectivity index (χ1) is 13.1. The summed E-state index contributed by atoms with van der Waals surface area (Å²) in [5, 5.41) is 0. The van der Waals surface area contributed by atoms with Crippen molar-refractivity contribution in [3.63, 3.8) is 0 Å². The van der Waals surface area contributed by atoms with Gasteiger partial charge in [-0.1, -0.05) is 54.6 Å². The maximum absolute atomic E-state index is 12.6. The first-order valence-corrected chi connectivity index (χ1v) is 8.89. The van der Waals surface area contributed by atoms with Crippen molar-refractivity contribution in [1.82, 2.24) is 4.90 Å². The molecule has 3 aromatic rings. The van der Waals surface area contributed by atoms with Crippen LogP contribution in [0.15, 0.2) is 78.9 Å². The van der Waals surface area contributed by atoms with Gasteiger partial charge in [0.2, 0.25) is 0 Å². The number of rotatable bonds is 5. The molecule has 4 rings (SSSR count). The van der Waals surface area contributed by atoms with Gasteiger partial charge in [0.05, 0.1) is 17.2 Å². The van der Waals surface area contributed by atoms with E-state index >= 15 is 0 Å². The van der Waals surface area contributed by atoms with E-state index in [1.54, 1.807) is 24.3 Å². The van der Waals surface area contributed by atoms with Crippen LogP contribution < -0.4 is 4.74 Å². The average Bonchev–Trinajstić information content (AvgIpc) is 2.98. The molecule has 0 N–H and O–H groups in total. The van der Waals surface area contributed by atoms with Gasteiger partial charge in [0, 0.05) is 0 Å². The highest BCUT2D eigenvalue weighted by Gasteiger charge is 2.38. The highest BCUT2D eigenvalue weighted by molar-refractivity contribution is 6.21. The second kappa shape index (κ2) is 7.08. The SMILES string of the molecule is C[C@@H](c1ccc(OCc2ccccc2)cc1)N1C(=O)c2ccccc2C1=O. The van der Waals surface area contributed by atoms with Crippen molar-refractivity contribution >= 4 is 11.8 Å². The molecule has 0 fully saturated rings. The van der Waals surface area contributed by atoms with Gasteiger partial charge in [-0.05, 0) is 42.3 Å². The Kier molecular flexibility index (Phi) is 4.47. The first kappa shape index (κ1) is 17.0. The fourth-order valence-corrected chi connectivity index (χ4v) is 3.29. The summed E-state index contributed by atoms with van der Waals surface area (Å²) >= 11 is 0. The molecule has 3 aromatic carbocycles. The van der Waals surface area contributed by atoms with Gasteiger partial charge in [-0.15, -0.1) is 0 Å². The lowest BCUT2D eigenvalue weighted by molar-refractivity contribution is 0.0595. The Labute approximate surface area is 158 Å². The van der Waals surface area contributed by atoms with E-state index in [0.717, 1.165) is 16.9 Å². The van der Waals surface area contributed by atoms with Crippen LogP contribution in [0.2, 0.25) is 0 Å². The molecule has 134 valence electrons. The summed E-state index contributed by atoms with van der Waals surface area (Å²) in [5.41, 5.74) is 2.92. The number of benzene rings is 3. The zero-order chi connectivity index (χ0) is 18.8. The minimum Gasteiger partial charge on any atom is -0.489 e. The molecule has 0 radical (unpaired) electrons. The van der Waals surface area contributed by atoms with Crippen LogP contribution in [0.1, 0.15) is 44.8 Å². The normalized spacial score (nSPS) is 14.2. The van der Waals surface area contributed by atoms with E-state index in [9.17, 15) is 9.59 Å². The number of amides is 2. The summed E-state index contributed by atoms with van der Waals surface area (Å²) in [6.45, 7) is 2.36. The highest BCUT2D eigenvalue weighted by atomic mass is 16.5. The van der Waals surface area contributed by atoms with Gasteiger partial charge in [-0.2, -0.15) is 0 Å². The lowest BCUT2D eigenvalue weighted by Crippen LogP contribution is -2.32. The Bertz CT molecular complexity index is 945. The largest absolute Gasteiger partial charge is 0.489 e. The van der Waals surface area contributed by atoms with E-state index < -0.39 is 0 Å². The number of fused-ring (bicyclic) bond motifs is 1. The van der Waals surface area contributed by atoms with Crippen LogP contribution >= 0.6 is 0 Å². The molecule has 0 aliphatic carbocycles. The minimum atomic E-state index is -0.347. The maximum atomic E-state index is 12.6. The van der Waals surface area contributed by atoms with E-state index in [2.05, 4.69) is 0 Å². The molecule has 1 aliphatic rings. The van der Waals surface area contributed by atoms with E-state index in [0.29, 0.717) is 17.7 Å². The van der Waals surface area contributed by atoms with Crippen molar-refractivity contribution in [3.05, 3.63) is 101 Å². The summed E-state index contributed by atoms with van der Waals surface area (Å²) in [4.78, 5) is 26.6. The molecule has 4 heteroatoms. The molecular weight excluding hydrogens is 338 g/mol. The quantitative estimate of drug-likeness (QED) is 0.626. The van der Waals surface area contributed by atoms with Crippen molar-refractivity contribution in [2.45, 2.75) is 19.6 Å². The Morgan fingerprint density at radius 3 is 1.93 bits per heavy atom. The van der Waals surface area contributed by atoms with Crippen LogP contribution in [0.5, 0.6) is 5.75 Å². The van der Waals surface area contributed by atoms with Crippen molar-refractivity contribution in [2.24, 2.45) is 0 Å². The lowest BCUT2D eigenvalue weighted by Gasteiger charge is -2.23. The molecule has 0 spiro atoms. The summed E-state index contributed by atoms with van der Waals surface area (Å²) in [6, 6.07) is 24.1. The zero-order valence-electron chi connectivity index (χ0n) is 15.0. The number of nitrogens with zero attached hydrogens (tertiary/aromatic N) is 1. The Hall–Kier alpha value is -3.40. The summed E-state index contributed by atoms with van der Waals surface area (Å²) in [6.07, 6.45) is 0. The Balaban J connectivity index is 1.48. The number of hydrogen-bond acceptors (Lipinski definition) is 3. The fraction of sp³-hybridized carbons (Fsp3) is 0.130. The van der Waals surface area contributed by atoms with Crippen LogP contribution in [0.4, 0.5) is 0 Å². The van der Waals surface area contributed by atoms with Crippen LogP contribution in [-0.4, -0.2) is 16.7 Å². The lowest BCUT2D eigenvalue weighted by atomic mass is 10.1. The van der Waals surface area contributed by atoms with Gasteiger partial charge in [-0.25, -0.2) is 0 Å². The summed E-state index contributed by atoms with van der Waals surface area (Å²) in [5.74, 6) is 0.261.